The van der Waals surface area contributed by atoms with E-state index in [1.165, 1.54) is 5.56 Å². The van der Waals surface area contributed by atoms with Gasteiger partial charge in [-0.3, -0.25) is 4.79 Å². The standard InChI is InChI=1S/C25H24N2O3/c1-3-16-29-23-14-10-22(11-15-23)25(28)27-26-17-20-8-12-24(13-9-20)30-18-21-6-4-19(2)5-7-21/h3-15,17H,1,16,18H2,2H3,(H,27,28). The van der Waals surface area contributed by atoms with Crippen LogP contribution in [0.5, 0.6) is 11.5 Å². The third-order valence-electron chi connectivity index (χ3n) is 4.27. The van der Waals surface area contributed by atoms with Gasteiger partial charge in [0.1, 0.15) is 24.7 Å². The number of benzene rings is 3. The van der Waals surface area contributed by atoms with Crippen LogP contribution in [0.3, 0.4) is 0 Å². The molecule has 0 saturated heterocycles. The van der Waals surface area contributed by atoms with E-state index in [-0.39, 0.29) is 5.91 Å². The molecule has 0 unspecified atom stereocenters. The minimum atomic E-state index is -0.292. The Morgan fingerprint density at radius 2 is 1.57 bits per heavy atom. The summed E-state index contributed by atoms with van der Waals surface area (Å²) in [5.74, 6) is 1.16. The zero-order valence-corrected chi connectivity index (χ0v) is 16.9. The van der Waals surface area contributed by atoms with E-state index < -0.39 is 0 Å². The number of hydrogen-bond acceptors (Lipinski definition) is 4. The lowest BCUT2D eigenvalue weighted by atomic mass is 10.2. The fourth-order valence-corrected chi connectivity index (χ4v) is 2.59. The summed E-state index contributed by atoms with van der Waals surface area (Å²) in [4.78, 5) is 12.2. The average molecular weight is 400 g/mol. The van der Waals surface area contributed by atoms with Crippen molar-refractivity contribution in [3.63, 3.8) is 0 Å². The highest BCUT2D eigenvalue weighted by Crippen LogP contribution is 2.14. The smallest absolute Gasteiger partial charge is 0.271 e. The van der Waals surface area contributed by atoms with Crippen molar-refractivity contribution in [2.45, 2.75) is 13.5 Å². The Hall–Kier alpha value is -3.86. The van der Waals surface area contributed by atoms with Gasteiger partial charge in [0.25, 0.3) is 5.91 Å². The number of hydrazone groups is 1. The molecular weight excluding hydrogens is 376 g/mol. The van der Waals surface area contributed by atoms with Gasteiger partial charge in [-0.1, -0.05) is 42.5 Å². The summed E-state index contributed by atoms with van der Waals surface area (Å²) >= 11 is 0. The molecule has 0 aliphatic rings. The first-order chi connectivity index (χ1) is 14.6. The van der Waals surface area contributed by atoms with Gasteiger partial charge >= 0.3 is 0 Å². The third kappa shape index (κ3) is 6.34. The number of rotatable bonds is 9. The normalized spacial score (nSPS) is 10.6. The van der Waals surface area contributed by atoms with Crippen LogP contribution in [0.1, 0.15) is 27.0 Å². The minimum absolute atomic E-state index is 0.292. The molecule has 3 rings (SSSR count). The van der Waals surface area contributed by atoms with Crippen molar-refractivity contribution in [1.29, 1.82) is 0 Å². The van der Waals surface area contributed by atoms with Crippen LogP contribution < -0.4 is 14.9 Å². The molecule has 0 fully saturated rings. The summed E-state index contributed by atoms with van der Waals surface area (Å²) in [6.07, 6.45) is 3.25. The van der Waals surface area contributed by atoms with Crippen LogP contribution in [0.4, 0.5) is 0 Å². The van der Waals surface area contributed by atoms with Crippen molar-refractivity contribution in [1.82, 2.24) is 5.43 Å². The number of ether oxygens (including phenoxy) is 2. The molecule has 0 aliphatic carbocycles. The van der Waals surface area contributed by atoms with Crippen LogP contribution in [0.2, 0.25) is 0 Å². The summed E-state index contributed by atoms with van der Waals surface area (Å²) < 4.78 is 11.2. The molecule has 0 atom stereocenters. The van der Waals surface area contributed by atoms with Gasteiger partial charge in [0.05, 0.1) is 6.21 Å². The first kappa shape index (κ1) is 20.9. The average Bonchev–Trinajstić information content (AvgIpc) is 2.78. The van der Waals surface area contributed by atoms with E-state index in [0.29, 0.717) is 24.5 Å². The lowest BCUT2D eigenvalue weighted by Gasteiger charge is -2.07. The quantitative estimate of drug-likeness (QED) is 0.316. The number of nitrogens with one attached hydrogen (secondary N) is 1. The molecule has 0 aromatic heterocycles. The predicted octanol–water partition coefficient (Wildman–Crippen LogP) is 4.90. The second kappa shape index (κ2) is 10.6. The molecule has 1 amide bonds. The third-order valence-corrected chi connectivity index (χ3v) is 4.27. The molecule has 0 heterocycles. The van der Waals surface area contributed by atoms with Crippen LogP contribution >= 0.6 is 0 Å². The monoisotopic (exact) mass is 400 g/mol. The largest absolute Gasteiger partial charge is 0.490 e. The summed E-state index contributed by atoms with van der Waals surface area (Å²) in [6.45, 7) is 6.59. The Balaban J connectivity index is 1.48. The fraction of sp³-hybridized carbons (Fsp3) is 0.120. The maximum Gasteiger partial charge on any atom is 0.271 e. The van der Waals surface area contributed by atoms with Crippen molar-refractivity contribution in [3.05, 3.63) is 108 Å². The van der Waals surface area contributed by atoms with Gasteiger partial charge in [0.15, 0.2) is 0 Å². The summed E-state index contributed by atoms with van der Waals surface area (Å²) in [5.41, 5.74) is 6.21. The molecule has 0 saturated carbocycles. The first-order valence-electron chi connectivity index (χ1n) is 9.59. The number of hydrogen-bond donors (Lipinski definition) is 1. The molecule has 0 radical (unpaired) electrons. The summed E-state index contributed by atoms with van der Waals surface area (Å²) in [5, 5.41) is 4.01. The Kier molecular flexibility index (Phi) is 7.39. The number of nitrogens with zero attached hydrogens (tertiary/aromatic N) is 1. The highest BCUT2D eigenvalue weighted by atomic mass is 16.5. The Morgan fingerprint density at radius 1 is 0.933 bits per heavy atom. The molecule has 5 heteroatoms. The van der Waals surface area contributed by atoms with E-state index in [1.54, 1.807) is 36.6 Å². The maximum atomic E-state index is 12.2. The van der Waals surface area contributed by atoms with Crippen LogP contribution in [0.15, 0.2) is 90.6 Å². The molecule has 3 aromatic carbocycles. The number of amides is 1. The van der Waals surface area contributed by atoms with Gasteiger partial charge in [-0.25, -0.2) is 5.43 Å². The number of carbonyl (C=O) groups excluding carboxylic acids is 1. The van der Waals surface area contributed by atoms with Crippen molar-refractivity contribution in [2.24, 2.45) is 5.10 Å². The first-order valence-corrected chi connectivity index (χ1v) is 9.59. The molecule has 30 heavy (non-hydrogen) atoms. The van der Waals surface area contributed by atoms with E-state index in [9.17, 15) is 4.79 Å². The number of carbonyl (C=O) groups is 1. The number of aryl methyl sites for hydroxylation is 1. The van der Waals surface area contributed by atoms with E-state index in [1.807, 2.05) is 24.3 Å². The van der Waals surface area contributed by atoms with Gasteiger partial charge < -0.3 is 9.47 Å². The van der Waals surface area contributed by atoms with Crippen molar-refractivity contribution < 1.29 is 14.3 Å². The predicted molar refractivity (Wildman–Crippen MR) is 119 cm³/mol. The Morgan fingerprint density at radius 3 is 2.23 bits per heavy atom. The van der Waals surface area contributed by atoms with Crippen LogP contribution in [-0.4, -0.2) is 18.7 Å². The van der Waals surface area contributed by atoms with Gasteiger partial charge in [-0.2, -0.15) is 5.10 Å². The molecule has 0 bridgehead atoms. The molecule has 5 nitrogen and oxygen atoms in total. The molecule has 152 valence electrons. The van der Waals surface area contributed by atoms with E-state index >= 15 is 0 Å². The van der Waals surface area contributed by atoms with Gasteiger partial charge in [0.2, 0.25) is 0 Å². The van der Waals surface area contributed by atoms with E-state index in [4.69, 9.17) is 9.47 Å². The Bertz CT molecular complexity index is 992. The minimum Gasteiger partial charge on any atom is -0.490 e. The molecule has 0 aliphatic heterocycles. The summed E-state index contributed by atoms with van der Waals surface area (Å²) in [7, 11) is 0. The lowest BCUT2D eigenvalue weighted by molar-refractivity contribution is 0.0955. The lowest BCUT2D eigenvalue weighted by Crippen LogP contribution is -2.17. The van der Waals surface area contributed by atoms with Crippen molar-refractivity contribution in [3.8, 4) is 11.5 Å². The van der Waals surface area contributed by atoms with Gasteiger partial charge in [-0.05, 0) is 66.6 Å². The summed E-state index contributed by atoms with van der Waals surface area (Å²) in [6, 6.07) is 22.6. The van der Waals surface area contributed by atoms with Crippen LogP contribution in [-0.2, 0) is 6.61 Å². The van der Waals surface area contributed by atoms with Crippen molar-refractivity contribution in [2.75, 3.05) is 6.61 Å². The maximum absolute atomic E-state index is 12.2. The van der Waals surface area contributed by atoms with Gasteiger partial charge in [-0.15, -0.1) is 0 Å². The topological polar surface area (TPSA) is 59.9 Å². The van der Waals surface area contributed by atoms with Crippen molar-refractivity contribution >= 4 is 12.1 Å². The fourth-order valence-electron chi connectivity index (χ4n) is 2.59. The van der Waals surface area contributed by atoms with Crippen LogP contribution in [0, 0.1) is 6.92 Å². The van der Waals surface area contributed by atoms with Crippen LogP contribution in [0.25, 0.3) is 0 Å². The second-order valence-electron chi connectivity index (χ2n) is 6.67. The highest BCUT2D eigenvalue weighted by Gasteiger charge is 2.04. The molecule has 0 spiro atoms. The van der Waals surface area contributed by atoms with Gasteiger partial charge in [0, 0.05) is 5.56 Å². The SMILES string of the molecule is C=CCOc1ccc(C(=O)NN=Cc2ccc(OCc3ccc(C)cc3)cc2)cc1. The van der Waals surface area contributed by atoms with E-state index in [0.717, 1.165) is 16.9 Å². The zero-order chi connectivity index (χ0) is 21.2. The molecular formula is C25H24N2O3. The molecule has 3 aromatic rings. The highest BCUT2D eigenvalue weighted by molar-refractivity contribution is 5.95. The zero-order valence-electron chi connectivity index (χ0n) is 16.9. The second-order valence-corrected chi connectivity index (χ2v) is 6.67. The van der Waals surface area contributed by atoms with E-state index in [2.05, 4.69) is 48.3 Å². The Labute approximate surface area is 176 Å². The molecule has 1 N–H and O–H groups in total.